The fraction of sp³-hybridized carbons (Fsp3) is 0.545. The average molecular weight is 605 g/mol. The van der Waals surface area contributed by atoms with E-state index < -0.39 is 0 Å². The minimum atomic E-state index is 0. The number of hydrogen-bond acceptors (Lipinski definition) is 0. The Hall–Kier alpha value is -0.487. The molecule has 0 aromatic heterocycles. The number of benzene rings is 1. The number of hydrogen-bond donors (Lipinski definition) is 0. The van der Waals surface area contributed by atoms with E-state index in [1.54, 1.807) is 27.8 Å². The molecular formula is C33H46Cl2Zr. The number of rotatable bonds is 9. The van der Waals surface area contributed by atoms with E-state index in [1.165, 1.54) is 81.8 Å². The van der Waals surface area contributed by atoms with Crippen molar-refractivity contribution in [2.24, 2.45) is 5.92 Å². The maximum Gasteiger partial charge on any atom is 4.00 e. The molecule has 0 bridgehead atoms. The molecule has 0 fully saturated rings. The van der Waals surface area contributed by atoms with Gasteiger partial charge in [-0.05, 0) is 12.3 Å². The molecule has 0 heterocycles. The van der Waals surface area contributed by atoms with E-state index in [1.807, 2.05) is 0 Å². The Morgan fingerprint density at radius 3 is 2.17 bits per heavy atom. The summed E-state index contributed by atoms with van der Waals surface area (Å²) >= 11 is 0. The van der Waals surface area contributed by atoms with Crippen LogP contribution in [0.4, 0.5) is 0 Å². The third-order valence-corrected chi connectivity index (χ3v) is 7.29. The molecule has 2 aromatic carbocycles. The van der Waals surface area contributed by atoms with E-state index in [9.17, 15) is 0 Å². The second-order valence-corrected chi connectivity index (χ2v) is 10.1. The Morgan fingerprint density at radius 1 is 0.889 bits per heavy atom. The molecule has 0 saturated heterocycles. The molecule has 2 atom stereocenters. The molecule has 36 heavy (non-hydrogen) atoms. The van der Waals surface area contributed by atoms with Crippen LogP contribution in [0.25, 0.3) is 0 Å². The van der Waals surface area contributed by atoms with E-state index >= 15 is 0 Å². The summed E-state index contributed by atoms with van der Waals surface area (Å²) in [7, 11) is 0. The first kappa shape index (κ1) is 35.5. The number of fused-ring (bicyclic) bond motifs is 1. The van der Waals surface area contributed by atoms with Gasteiger partial charge in [-0.2, -0.15) is 33.9 Å². The monoisotopic (exact) mass is 602 g/mol. The van der Waals surface area contributed by atoms with Crippen molar-refractivity contribution in [2.45, 2.75) is 111 Å². The second kappa shape index (κ2) is 18.7. The van der Waals surface area contributed by atoms with Crippen molar-refractivity contribution in [2.75, 3.05) is 0 Å². The van der Waals surface area contributed by atoms with Crippen molar-refractivity contribution in [1.82, 2.24) is 0 Å². The molecule has 2 aromatic rings. The van der Waals surface area contributed by atoms with Gasteiger partial charge in [0, 0.05) is 0 Å². The molecule has 0 saturated carbocycles. The zero-order valence-corrected chi connectivity index (χ0v) is 27.2. The summed E-state index contributed by atoms with van der Waals surface area (Å²) in [6, 6.07) is 15.7. The predicted octanol–water partition coefficient (Wildman–Crippen LogP) is 4.03. The smallest absolute Gasteiger partial charge is 1.00 e. The van der Waals surface area contributed by atoms with Gasteiger partial charge in [-0.25, -0.2) is 11.6 Å². The van der Waals surface area contributed by atoms with E-state index in [0.29, 0.717) is 11.8 Å². The van der Waals surface area contributed by atoms with Crippen molar-refractivity contribution in [3.63, 3.8) is 0 Å². The molecule has 0 amide bonds. The van der Waals surface area contributed by atoms with E-state index in [2.05, 4.69) is 83.2 Å². The maximum absolute atomic E-state index is 3.81. The van der Waals surface area contributed by atoms with Crippen LogP contribution < -0.4 is 24.8 Å². The van der Waals surface area contributed by atoms with Crippen molar-refractivity contribution in [1.29, 1.82) is 0 Å². The predicted molar refractivity (Wildman–Crippen MR) is 145 cm³/mol. The molecule has 3 heteroatoms. The summed E-state index contributed by atoms with van der Waals surface area (Å²) in [6.45, 7) is 11.4. The van der Waals surface area contributed by atoms with Crippen LogP contribution in [0.1, 0.15) is 120 Å². The Kier molecular flexibility index (Phi) is 18.5. The van der Waals surface area contributed by atoms with Crippen LogP contribution in [0.3, 0.4) is 0 Å². The van der Waals surface area contributed by atoms with Gasteiger partial charge in [0.15, 0.2) is 0 Å². The first-order chi connectivity index (χ1) is 16.1. The van der Waals surface area contributed by atoms with E-state index in [0.717, 1.165) is 0 Å². The molecule has 196 valence electrons. The van der Waals surface area contributed by atoms with E-state index in [4.69, 9.17) is 0 Å². The summed E-state index contributed by atoms with van der Waals surface area (Å²) in [5, 5.41) is 0. The molecule has 0 spiro atoms. The van der Waals surface area contributed by atoms with Gasteiger partial charge in [-0.1, -0.05) is 141 Å². The van der Waals surface area contributed by atoms with Gasteiger partial charge in [0.2, 0.25) is 0 Å². The largest absolute Gasteiger partial charge is 4.00 e. The topological polar surface area (TPSA) is 0 Å². The Labute approximate surface area is 254 Å². The van der Waals surface area contributed by atoms with Crippen molar-refractivity contribution in [3.8, 4) is 0 Å². The fourth-order valence-corrected chi connectivity index (χ4v) is 5.92. The van der Waals surface area contributed by atoms with Crippen LogP contribution in [0.5, 0.6) is 0 Å². The quantitative estimate of drug-likeness (QED) is 0.380. The molecular weight excluding hydrogens is 558 g/mol. The number of allylic oxidation sites excluding steroid dienone is 4. The first-order valence-corrected chi connectivity index (χ1v) is 13.8. The summed E-state index contributed by atoms with van der Waals surface area (Å²) in [5.41, 5.74) is 11.1. The van der Waals surface area contributed by atoms with Crippen molar-refractivity contribution < 1.29 is 51.0 Å². The van der Waals surface area contributed by atoms with Crippen LogP contribution in [0.15, 0.2) is 59.2 Å². The number of halogens is 2. The molecule has 0 N–H and O–H groups in total. The summed E-state index contributed by atoms with van der Waals surface area (Å²) < 4.78 is 0. The molecule has 2 aliphatic rings. The van der Waals surface area contributed by atoms with Gasteiger partial charge >= 0.3 is 26.2 Å². The molecule has 2 aliphatic carbocycles. The Morgan fingerprint density at radius 2 is 1.56 bits per heavy atom. The summed E-state index contributed by atoms with van der Waals surface area (Å²) in [4.78, 5) is 0. The Bertz CT molecular complexity index is 922. The van der Waals surface area contributed by atoms with Crippen LogP contribution in [-0.4, -0.2) is 0 Å². The SMILES string of the molecule is CCCC1=[C-]C(CCC)C(CCC)=C1CCC.Cc1cc2c([cH-]1)CCCC2c1ccccc1.[Cl-].[Cl-].[Zr+4]. The summed E-state index contributed by atoms with van der Waals surface area (Å²) in [6.07, 6.45) is 17.9. The fourth-order valence-electron chi connectivity index (χ4n) is 5.92. The maximum atomic E-state index is 3.81. The van der Waals surface area contributed by atoms with Crippen LogP contribution in [0, 0.1) is 18.9 Å². The minimum Gasteiger partial charge on any atom is -1.00 e. The van der Waals surface area contributed by atoms with E-state index in [-0.39, 0.29) is 51.0 Å². The molecule has 2 unspecified atom stereocenters. The molecule has 0 radical (unpaired) electrons. The van der Waals surface area contributed by atoms with Gasteiger partial charge in [-0.15, -0.1) is 0 Å². The van der Waals surface area contributed by atoms with Gasteiger partial charge in [0.25, 0.3) is 0 Å². The average Bonchev–Trinajstić information content (AvgIpc) is 3.36. The normalized spacial score (nSPS) is 18.1. The van der Waals surface area contributed by atoms with Gasteiger partial charge < -0.3 is 24.8 Å². The van der Waals surface area contributed by atoms with Crippen molar-refractivity contribution in [3.05, 3.63) is 87.5 Å². The second-order valence-electron chi connectivity index (χ2n) is 10.1. The first-order valence-electron chi connectivity index (χ1n) is 13.8. The van der Waals surface area contributed by atoms with Gasteiger partial charge in [-0.3, -0.25) is 6.08 Å². The Balaban J connectivity index is 0.000000628. The molecule has 4 rings (SSSR count). The molecule has 0 aliphatic heterocycles. The van der Waals surface area contributed by atoms with Crippen LogP contribution in [-0.2, 0) is 32.6 Å². The van der Waals surface area contributed by atoms with Gasteiger partial charge in [0.1, 0.15) is 0 Å². The zero-order chi connectivity index (χ0) is 23.6. The van der Waals surface area contributed by atoms with Crippen molar-refractivity contribution >= 4 is 0 Å². The number of aryl methyl sites for hydroxylation is 2. The minimum absolute atomic E-state index is 0. The zero-order valence-electron chi connectivity index (χ0n) is 23.2. The van der Waals surface area contributed by atoms with Crippen LogP contribution in [0.2, 0.25) is 0 Å². The third-order valence-electron chi connectivity index (χ3n) is 7.29. The van der Waals surface area contributed by atoms with Gasteiger partial charge in [0.05, 0.1) is 0 Å². The third kappa shape index (κ3) is 9.36. The standard InChI is InChI=1S/C17H29.C16H17.2ClH.Zr/c1-5-9-14-13-15(10-6-2)17(12-8-4)16(14)11-7-3;1-12-10-14-8-5-9-15(16(14)11-12)13-6-3-2-4-7-13;;;/h14H,5-12H2,1-4H3;2-4,6-7,10-11,15H,5,8-9H2,1H3;2*1H;/q2*-1;;;+4/p-2. The van der Waals surface area contributed by atoms with Crippen LogP contribution >= 0.6 is 0 Å². The molecule has 0 nitrogen and oxygen atoms in total. The summed E-state index contributed by atoms with van der Waals surface area (Å²) in [5.74, 6) is 1.29.